The maximum atomic E-state index is 11.6. The minimum atomic E-state index is -0.0491. The normalized spacial score (nSPS) is 10.2. The molecule has 1 aromatic heterocycles. The number of benzene rings is 1. The number of carbonyl (C=O) groups excluding carboxylic acids is 1. The van der Waals surface area contributed by atoms with E-state index >= 15 is 0 Å². The van der Waals surface area contributed by atoms with Gasteiger partial charge in [-0.1, -0.05) is 6.07 Å². The third-order valence-corrected chi connectivity index (χ3v) is 2.46. The third-order valence-electron chi connectivity index (χ3n) is 2.46. The Bertz CT molecular complexity index is 506. The standard InChI is InChI=1S/C13H14N2O2/c1-10(16)15(9-13-6-3-7-17-13)12-5-2-4-11(14)8-12/h2-8H,9,14H2,1H3. The first-order valence-corrected chi connectivity index (χ1v) is 5.33. The molecule has 1 heterocycles. The summed E-state index contributed by atoms with van der Waals surface area (Å²) in [5, 5.41) is 0. The van der Waals surface area contributed by atoms with Gasteiger partial charge in [0.05, 0.1) is 12.8 Å². The first-order chi connectivity index (χ1) is 8.16. The minimum Gasteiger partial charge on any atom is -0.467 e. The Morgan fingerprint density at radius 2 is 2.18 bits per heavy atom. The molecular weight excluding hydrogens is 216 g/mol. The van der Waals surface area contributed by atoms with Gasteiger partial charge in [-0.05, 0) is 30.3 Å². The number of carbonyl (C=O) groups is 1. The average molecular weight is 230 g/mol. The van der Waals surface area contributed by atoms with Gasteiger partial charge in [0.25, 0.3) is 0 Å². The van der Waals surface area contributed by atoms with E-state index in [2.05, 4.69) is 0 Å². The number of nitrogens with two attached hydrogens (primary N) is 1. The van der Waals surface area contributed by atoms with Crippen LogP contribution in [0.5, 0.6) is 0 Å². The predicted octanol–water partition coefficient (Wildman–Crippen LogP) is 2.41. The van der Waals surface area contributed by atoms with Crippen LogP contribution < -0.4 is 10.6 Å². The van der Waals surface area contributed by atoms with Gasteiger partial charge in [-0.15, -0.1) is 0 Å². The molecule has 4 nitrogen and oxygen atoms in total. The van der Waals surface area contributed by atoms with Crippen molar-refractivity contribution in [3.8, 4) is 0 Å². The lowest BCUT2D eigenvalue weighted by Gasteiger charge is -2.20. The lowest BCUT2D eigenvalue weighted by Crippen LogP contribution is -2.27. The highest BCUT2D eigenvalue weighted by Gasteiger charge is 2.13. The second-order valence-electron chi connectivity index (χ2n) is 3.78. The fourth-order valence-corrected chi connectivity index (χ4v) is 1.64. The second kappa shape index (κ2) is 4.74. The topological polar surface area (TPSA) is 59.5 Å². The van der Waals surface area contributed by atoms with Crippen LogP contribution in [0.4, 0.5) is 11.4 Å². The van der Waals surface area contributed by atoms with Crippen molar-refractivity contribution in [1.82, 2.24) is 0 Å². The first-order valence-electron chi connectivity index (χ1n) is 5.33. The summed E-state index contributed by atoms with van der Waals surface area (Å²) in [6, 6.07) is 10.9. The van der Waals surface area contributed by atoms with Gasteiger partial charge in [0.1, 0.15) is 5.76 Å². The number of anilines is 2. The van der Waals surface area contributed by atoms with Crippen molar-refractivity contribution in [2.45, 2.75) is 13.5 Å². The van der Waals surface area contributed by atoms with Crippen molar-refractivity contribution in [3.05, 3.63) is 48.4 Å². The van der Waals surface area contributed by atoms with E-state index in [1.54, 1.807) is 29.4 Å². The number of furan rings is 1. The zero-order chi connectivity index (χ0) is 12.3. The zero-order valence-electron chi connectivity index (χ0n) is 9.59. The molecule has 0 unspecified atom stereocenters. The van der Waals surface area contributed by atoms with Gasteiger partial charge in [0.2, 0.25) is 5.91 Å². The van der Waals surface area contributed by atoms with Gasteiger partial charge in [-0.25, -0.2) is 0 Å². The van der Waals surface area contributed by atoms with Crippen LogP contribution in [0.15, 0.2) is 47.1 Å². The molecule has 0 aliphatic rings. The van der Waals surface area contributed by atoms with Crippen LogP contribution in [-0.4, -0.2) is 5.91 Å². The molecule has 0 spiro atoms. The Kier molecular flexibility index (Phi) is 3.14. The van der Waals surface area contributed by atoms with E-state index < -0.39 is 0 Å². The molecule has 0 saturated heterocycles. The molecule has 1 aromatic carbocycles. The molecule has 2 rings (SSSR count). The molecule has 0 bridgehead atoms. The van der Waals surface area contributed by atoms with Crippen molar-refractivity contribution < 1.29 is 9.21 Å². The van der Waals surface area contributed by atoms with Crippen LogP contribution >= 0.6 is 0 Å². The number of rotatable bonds is 3. The second-order valence-corrected chi connectivity index (χ2v) is 3.78. The van der Waals surface area contributed by atoms with Gasteiger partial charge in [-0.2, -0.15) is 0 Å². The SMILES string of the molecule is CC(=O)N(Cc1ccco1)c1cccc(N)c1. The maximum Gasteiger partial charge on any atom is 0.224 e. The highest BCUT2D eigenvalue weighted by molar-refractivity contribution is 5.91. The molecule has 0 fully saturated rings. The van der Waals surface area contributed by atoms with E-state index in [-0.39, 0.29) is 5.91 Å². The monoisotopic (exact) mass is 230 g/mol. The number of hydrogen-bond acceptors (Lipinski definition) is 3. The smallest absolute Gasteiger partial charge is 0.224 e. The largest absolute Gasteiger partial charge is 0.467 e. The summed E-state index contributed by atoms with van der Waals surface area (Å²) >= 11 is 0. The Hall–Kier alpha value is -2.23. The molecule has 0 aliphatic heterocycles. The van der Waals surface area contributed by atoms with Crippen LogP contribution in [0.1, 0.15) is 12.7 Å². The summed E-state index contributed by atoms with van der Waals surface area (Å²) in [5.41, 5.74) is 7.11. The fourth-order valence-electron chi connectivity index (χ4n) is 1.64. The van der Waals surface area contributed by atoms with Crippen LogP contribution in [0, 0.1) is 0 Å². The molecule has 1 amide bonds. The van der Waals surface area contributed by atoms with Crippen LogP contribution in [0.25, 0.3) is 0 Å². The number of nitrogens with zero attached hydrogens (tertiary/aromatic N) is 1. The van der Waals surface area contributed by atoms with E-state index in [1.807, 2.05) is 18.2 Å². The highest BCUT2D eigenvalue weighted by atomic mass is 16.3. The third kappa shape index (κ3) is 2.66. The number of nitrogen functional groups attached to an aromatic ring is 1. The van der Waals surface area contributed by atoms with E-state index in [9.17, 15) is 4.79 Å². The van der Waals surface area contributed by atoms with Gasteiger partial charge in [0.15, 0.2) is 0 Å². The Labute approximate surface area is 99.6 Å². The van der Waals surface area contributed by atoms with E-state index in [4.69, 9.17) is 10.2 Å². The summed E-state index contributed by atoms with van der Waals surface area (Å²) in [4.78, 5) is 13.2. The Morgan fingerprint density at radius 3 is 2.76 bits per heavy atom. The van der Waals surface area contributed by atoms with Crippen LogP contribution in [0.2, 0.25) is 0 Å². The number of amides is 1. The molecule has 0 radical (unpaired) electrons. The summed E-state index contributed by atoms with van der Waals surface area (Å²) in [6.07, 6.45) is 1.59. The van der Waals surface area contributed by atoms with Crippen molar-refractivity contribution in [3.63, 3.8) is 0 Å². The van der Waals surface area contributed by atoms with Gasteiger partial charge >= 0.3 is 0 Å². The van der Waals surface area contributed by atoms with Crippen molar-refractivity contribution >= 4 is 17.3 Å². The zero-order valence-corrected chi connectivity index (χ0v) is 9.59. The van der Waals surface area contributed by atoms with E-state index in [1.165, 1.54) is 6.92 Å². The quantitative estimate of drug-likeness (QED) is 0.824. The van der Waals surface area contributed by atoms with Crippen molar-refractivity contribution in [1.29, 1.82) is 0 Å². The van der Waals surface area contributed by atoms with Crippen molar-refractivity contribution in [2.75, 3.05) is 10.6 Å². The summed E-state index contributed by atoms with van der Waals surface area (Å²) < 4.78 is 5.24. The Morgan fingerprint density at radius 1 is 1.35 bits per heavy atom. The van der Waals surface area contributed by atoms with Crippen LogP contribution in [0.3, 0.4) is 0 Å². The van der Waals surface area contributed by atoms with Gasteiger partial charge < -0.3 is 15.1 Å². The minimum absolute atomic E-state index is 0.0491. The van der Waals surface area contributed by atoms with Crippen LogP contribution in [-0.2, 0) is 11.3 Å². The highest BCUT2D eigenvalue weighted by Crippen LogP contribution is 2.20. The van der Waals surface area contributed by atoms with E-state index in [0.29, 0.717) is 12.2 Å². The summed E-state index contributed by atoms with van der Waals surface area (Å²) in [5.74, 6) is 0.689. The average Bonchev–Trinajstić information content (AvgIpc) is 2.78. The predicted molar refractivity (Wildman–Crippen MR) is 66.4 cm³/mol. The summed E-state index contributed by atoms with van der Waals surface area (Å²) in [6.45, 7) is 1.93. The maximum absolute atomic E-state index is 11.6. The molecular formula is C13H14N2O2. The lowest BCUT2D eigenvalue weighted by atomic mass is 10.2. The molecule has 2 aromatic rings. The molecule has 4 heteroatoms. The molecule has 2 N–H and O–H groups in total. The molecule has 88 valence electrons. The van der Waals surface area contributed by atoms with Gasteiger partial charge in [0, 0.05) is 18.3 Å². The van der Waals surface area contributed by atoms with E-state index in [0.717, 1.165) is 11.4 Å². The number of hydrogen-bond donors (Lipinski definition) is 1. The first kappa shape index (κ1) is 11.3. The lowest BCUT2D eigenvalue weighted by molar-refractivity contribution is -0.116. The Balaban J connectivity index is 2.26. The van der Waals surface area contributed by atoms with Crippen molar-refractivity contribution in [2.24, 2.45) is 0 Å². The molecule has 0 aliphatic carbocycles. The summed E-state index contributed by atoms with van der Waals surface area (Å²) in [7, 11) is 0. The fraction of sp³-hybridized carbons (Fsp3) is 0.154. The molecule has 17 heavy (non-hydrogen) atoms. The van der Waals surface area contributed by atoms with Gasteiger partial charge in [-0.3, -0.25) is 4.79 Å². The molecule has 0 atom stereocenters. The molecule has 0 saturated carbocycles.